The minimum atomic E-state index is -0.546. The molecule has 2 N–H and O–H groups in total. The number of rotatable bonds is 6. The Hall–Kier alpha value is -2.37. The van der Waals surface area contributed by atoms with Gasteiger partial charge in [-0.1, -0.05) is 41.9 Å². The Balaban J connectivity index is 1.96. The Kier molecular flexibility index (Phi) is 6.35. The smallest absolute Gasteiger partial charge is 0.254 e. The van der Waals surface area contributed by atoms with E-state index in [1.54, 1.807) is 55.6 Å². The van der Waals surface area contributed by atoms with Crippen LogP contribution in [0.15, 0.2) is 54.6 Å². The molecule has 0 fully saturated rings. The molecule has 0 aliphatic carbocycles. The summed E-state index contributed by atoms with van der Waals surface area (Å²) >= 11 is 5.83. The van der Waals surface area contributed by atoms with Crippen LogP contribution in [0.2, 0.25) is 5.02 Å². The molecule has 0 spiro atoms. The van der Waals surface area contributed by atoms with E-state index in [1.807, 2.05) is 6.07 Å². The number of aliphatic hydroxyl groups excluding tert-OH is 1. The average Bonchev–Trinajstić information content (AvgIpc) is 2.60. The van der Waals surface area contributed by atoms with Crippen molar-refractivity contribution in [1.82, 2.24) is 10.2 Å². The largest absolute Gasteiger partial charge is 0.394 e. The SMILES string of the molecule is CN(CC(=O)NC(CO)c1ccc(Cl)cc1)C(=O)c1ccccc1. The van der Waals surface area contributed by atoms with E-state index < -0.39 is 6.04 Å². The van der Waals surface area contributed by atoms with Crippen molar-refractivity contribution in [2.24, 2.45) is 0 Å². The van der Waals surface area contributed by atoms with E-state index in [9.17, 15) is 14.7 Å². The third-order valence-corrected chi connectivity index (χ3v) is 3.79. The van der Waals surface area contributed by atoms with Crippen molar-refractivity contribution >= 4 is 23.4 Å². The van der Waals surface area contributed by atoms with Gasteiger partial charge < -0.3 is 15.3 Å². The van der Waals surface area contributed by atoms with Crippen molar-refractivity contribution < 1.29 is 14.7 Å². The maximum Gasteiger partial charge on any atom is 0.254 e. The lowest BCUT2D eigenvalue weighted by Crippen LogP contribution is -2.40. The van der Waals surface area contributed by atoms with Crippen LogP contribution in [-0.2, 0) is 4.79 Å². The number of benzene rings is 2. The zero-order valence-corrected chi connectivity index (χ0v) is 14.0. The molecular formula is C18H19ClN2O3. The number of aliphatic hydroxyl groups is 1. The van der Waals surface area contributed by atoms with Crippen LogP contribution in [0.25, 0.3) is 0 Å². The first kappa shape index (κ1) is 18.0. The number of hydrogen-bond donors (Lipinski definition) is 2. The molecular weight excluding hydrogens is 328 g/mol. The second kappa shape index (κ2) is 8.47. The van der Waals surface area contributed by atoms with Gasteiger partial charge in [-0.05, 0) is 29.8 Å². The maximum atomic E-state index is 12.2. The van der Waals surface area contributed by atoms with Gasteiger partial charge in [-0.2, -0.15) is 0 Å². The van der Waals surface area contributed by atoms with Gasteiger partial charge in [-0.15, -0.1) is 0 Å². The zero-order chi connectivity index (χ0) is 17.5. The van der Waals surface area contributed by atoms with Crippen LogP contribution in [-0.4, -0.2) is 42.0 Å². The number of likely N-dealkylation sites (N-methyl/N-ethyl adjacent to an activating group) is 1. The number of nitrogens with one attached hydrogen (secondary N) is 1. The van der Waals surface area contributed by atoms with E-state index in [4.69, 9.17) is 11.6 Å². The molecule has 0 aliphatic rings. The van der Waals surface area contributed by atoms with E-state index in [2.05, 4.69) is 5.32 Å². The van der Waals surface area contributed by atoms with Gasteiger partial charge in [-0.25, -0.2) is 0 Å². The number of carbonyl (C=O) groups excluding carboxylic acids is 2. The summed E-state index contributed by atoms with van der Waals surface area (Å²) in [6, 6.07) is 15.1. The van der Waals surface area contributed by atoms with Gasteiger partial charge in [0.05, 0.1) is 19.2 Å². The van der Waals surface area contributed by atoms with Crippen molar-refractivity contribution in [2.75, 3.05) is 20.2 Å². The summed E-state index contributed by atoms with van der Waals surface area (Å²) in [5.41, 5.74) is 1.26. The molecule has 0 aliphatic heterocycles. The van der Waals surface area contributed by atoms with E-state index in [0.29, 0.717) is 10.6 Å². The normalized spacial score (nSPS) is 11.6. The van der Waals surface area contributed by atoms with Crippen LogP contribution in [0, 0.1) is 0 Å². The molecule has 0 saturated heterocycles. The highest BCUT2D eigenvalue weighted by atomic mass is 35.5. The predicted octanol–water partition coefficient (Wildman–Crippen LogP) is 2.26. The molecule has 0 bridgehead atoms. The Labute approximate surface area is 145 Å². The molecule has 24 heavy (non-hydrogen) atoms. The fourth-order valence-corrected chi connectivity index (χ4v) is 2.38. The second-order valence-corrected chi connectivity index (χ2v) is 5.82. The summed E-state index contributed by atoms with van der Waals surface area (Å²) in [5, 5.41) is 12.8. The van der Waals surface area contributed by atoms with Gasteiger partial charge in [0.25, 0.3) is 5.91 Å². The summed E-state index contributed by atoms with van der Waals surface area (Å²) < 4.78 is 0. The standard InChI is InChI=1S/C18H19ClN2O3/c1-21(18(24)14-5-3-2-4-6-14)11-17(23)20-16(12-22)13-7-9-15(19)10-8-13/h2-10,16,22H,11-12H2,1H3,(H,20,23). The first-order valence-electron chi connectivity index (χ1n) is 7.47. The second-order valence-electron chi connectivity index (χ2n) is 5.38. The molecule has 5 nitrogen and oxygen atoms in total. The minimum Gasteiger partial charge on any atom is -0.394 e. The average molecular weight is 347 g/mol. The molecule has 126 valence electrons. The third kappa shape index (κ3) is 4.81. The summed E-state index contributed by atoms with van der Waals surface area (Å²) in [6.07, 6.45) is 0. The van der Waals surface area contributed by atoms with Gasteiger partial charge in [0.15, 0.2) is 0 Å². The summed E-state index contributed by atoms with van der Waals surface area (Å²) in [6.45, 7) is -0.346. The van der Waals surface area contributed by atoms with E-state index in [1.165, 1.54) is 4.90 Å². The lowest BCUT2D eigenvalue weighted by atomic mass is 10.1. The van der Waals surface area contributed by atoms with Gasteiger partial charge >= 0.3 is 0 Å². The molecule has 2 amide bonds. The molecule has 0 saturated carbocycles. The highest BCUT2D eigenvalue weighted by Gasteiger charge is 2.18. The van der Waals surface area contributed by atoms with Crippen LogP contribution in [0.3, 0.4) is 0 Å². The Bertz CT molecular complexity index is 689. The minimum absolute atomic E-state index is 0.0994. The molecule has 2 aromatic carbocycles. The van der Waals surface area contributed by atoms with E-state index in [-0.39, 0.29) is 25.0 Å². The van der Waals surface area contributed by atoms with E-state index in [0.717, 1.165) is 5.56 Å². The van der Waals surface area contributed by atoms with Crippen LogP contribution < -0.4 is 5.32 Å². The Morgan fingerprint density at radius 1 is 1.12 bits per heavy atom. The predicted molar refractivity (Wildman–Crippen MR) is 92.8 cm³/mol. The van der Waals surface area contributed by atoms with Crippen molar-refractivity contribution in [3.05, 3.63) is 70.7 Å². The number of carbonyl (C=O) groups is 2. The molecule has 0 heterocycles. The fourth-order valence-electron chi connectivity index (χ4n) is 2.26. The summed E-state index contributed by atoms with van der Waals surface area (Å²) in [7, 11) is 1.56. The molecule has 0 radical (unpaired) electrons. The molecule has 6 heteroatoms. The van der Waals surface area contributed by atoms with Gasteiger partial charge in [0.2, 0.25) is 5.91 Å². The fraction of sp³-hybridized carbons (Fsp3) is 0.222. The number of nitrogens with zero attached hydrogens (tertiary/aromatic N) is 1. The first-order valence-corrected chi connectivity index (χ1v) is 7.85. The lowest BCUT2D eigenvalue weighted by Gasteiger charge is -2.20. The summed E-state index contributed by atoms with van der Waals surface area (Å²) in [4.78, 5) is 25.7. The number of hydrogen-bond acceptors (Lipinski definition) is 3. The number of halogens is 1. The zero-order valence-electron chi connectivity index (χ0n) is 13.3. The Morgan fingerprint density at radius 3 is 2.33 bits per heavy atom. The van der Waals surface area contributed by atoms with Crippen LogP contribution in [0.1, 0.15) is 22.0 Å². The third-order valence-electron chi connectivity index (χ3n) is 3.54. The van der Waals surface area contributed by atoms with Gasteiger partial charge in [0.1, 0.15) is 0 Å². The molecule has 2 aromatic rings. The van der Waals surface area contributed by atoms with E-state index >= 15 is 0 Å². The summed E-state index contributed by atoms with van der Waals surface area (Å²) in [5.74, 6) is -0.589. The molecule has 1 atom stereocenters. The quantitative estimate of drug-likeness (QED) is 0.843. The van der Waals surface area contributed by atoms with Crippen LogP contribution in [0.5, 0.6) is 0 Å². The highest BCUT2D eigenvalue weighted by Crippen LogP contribution is 2.16. The number of amides is 2. The molecule has 2 rings (SSSR count). The van der Waals surface area contributed by atoms with Crippen LogP contribution >= 0.6 is 11.6 Å². The van der Waals surface area contributed by atoms with Crippen molar-refractivity contribution in [2.45, 2.75) is 6.04 Å². The monoisotopic (exact) mass is 346 g/mol. The lowest BCUT2D eigenvalue weighted by molar-refractivity contribution is -0.122. The topological polar surface area (TPSA) is 69.6 Å². The first-order chi connectivity index (χ1) is 11.5. The highest BCUT2D eigenvalue weighted by molar-refractivity contribution is 6.30. The Morgan fingerprint density at radius 2 is 1.75 bits per heavy atom. The van der Waals surface area contributed by atoms with Crippen molar-refractivity contribution in [3.63, 3.8) is 0 Å². The molecule has 0 aromatic heterocycles. The maximum absolute atomic E-state index is 12.2. The molecule has 1 unspecified atom stereocenters. The van der Waals surface area contributed by atoms with Crippen molar-refractivity contribution in [3.8, 4) is 0 Å². The van der Waals surface area contributed by atoms with Gasteiger partial charge in [-0.3, -0.25) is 9.59 Å². The van der Waals surface area contributed by atoms with Gasteiger partial charge in [0, 0.05) is 17.6 Å². The van der Waals surface area contributed by atoms with Crippen LogP contribution in [0.4, 0.5) is 0 Å². The van der Waals surface area contributed by atoms with Crippen molar-refractivity contribution in [1.29, 1.82) is 0 Å².